The van der Waals surface area contributed by atoms with Gasteiger partial charge in [0, 0.05) is 0 Å². The summed E-state index contributed by atoms with van der Waals surface area (Å²) in [5, 5.41) is 17.9. The maximum Gasteiger partial charge on any atom is 0.354 e. The smallest absolute Gasteiger partial charge is 0.354 e. The predicted octanol–water partition coefficient (Wildman–Crippen LogP) is 2.53. The van der Waals surface area contributed by atoms with Crippen LogP contribution in [0.4, 0.5) is 0 Å². The van der Waals surface area contributed by atoms with Crippen molar-refractivity contribution in [2.24, 2.45) is 0 Å². The van der Waals surface area contributed by atoms with Crippen LogP contribution in [0.5, 0.6) is 0 Å². The molecule has 0 amide bonds. The van der Waals surface area contributed by atoms with E-state index in [2.05, 4.69) is 4.98 Å². The van der Waals surface area contributed by atoms with Gasteiger partial charge in [-0.15, -0.1) is 0 Å². The largest absolute Gasteiger partial charge is 0.477 e. The summed E-state index contributed by atoms with van der Waals surface area (Å²) >= 11 is 0. The zero-order chi connectivity index (χ0) is 13.1. The third kappa shape index (κ3) is 2.67. The molecule has 1 fully saturated rings. The molecular weight excluding hydrogens is 234 g/mol. The quantitative estimate of drug-likeness (QED) is 0.859. The van der Waals surface area contributed by atoms with E-state index >= 15 is 0 Å². The van der Waals surface area contributed by atoms with E-state index in [4.69, 9.17) is 10.2 Å². The van der Waals surface area contributed by atoms with E-state index < -0.39 is 11.9 Å². The number of aromatic nitrogens is 1. The van der Waals surface area contributed by atoms with E-state index in [9.17, 15) is 9.59 Å². The Kier molecular flexibility index (Phi) is 3.60. The van der Waals surface area contributed by atoms with Crippen molar-refractivity contribution < 1.29 is 19.8 Å². The first-order valence-electron chi connectivity index (χ1n) is 6.06. The Morgan fingerprint density at radius 3 is 1.94 bits per heavy atom. The third-order valence-corrected chi connectivity index (χ3v) is 3.36. The van der Waals surface area contributed by atoms with Crippen molar-refractivity contribution in [3.05, 3.63) is 29.1 Å². The highest BCUT2D eigenvalue weighted by Crippen LogP contribution is 2.33. The van der Waals surface area contributed by atoms with Gasteiger partial charge < -0.3 is 10.2 Å². The van der Waals surface area contributed by atoms with Gasteiger partial charge in [-0.05, 0) is 36.5 Å². The summed E-state index contributed by atoms with van der Waals surface area (Å²) in [6.45, 7) is 0. The number of aromatic carboxylic acids is 2. The normalized spacial score (nSPS) is 16.4. The third-order valence-electron chi connectivity index (χ3n) is 3.36. The molecule has 0 radical (unpaired) electrons. The summed E-state index contributed by atoms with van der Waals surface area (Å²) in [7, 11) is 0. The minimum absolute atomic E-state index is 0.185. The maximum atomic E-state index is 11.0. The predicted molar refractivity (Wildman–Crippen MR) is 64.0 cm³/mol. The zero-order valence-corrected chi connectivity index (χ0v) is 9.93. The summed E-state index contributed by atoms with van der Waals surface area (Å²) in [4.78, 5) is 25.5. The van der Waals surface area contributed by atoms with Gasteiger partial charge in [0.25, 0.3) is 0 Å². The zero-order valence-electron chi connectivity index (χ0n) is 9.93. The van der Waals surface area contributed by atoms with Crippen molar-refractivity contribution in [2.45, 2.75) is 38.0 Å². The highest BCUT2D eigenvalue weighted by molar-refractivity contribution is 5.90. The van der Waals surface area contributed by atoms with Gasteiger partial charge in [0.05, 0.1) is 0 Å². The molecule has 1 aliphatic rings. The topological polar surface area (TPSA) is 87.5 Å². The summed E-state index contributed by atoms with van der Waals surface area (Å²) in [6, 6.07) is 3.01. The lowest BCUT2D eigenvalue weighted by Gasteiger charge is -2.22. The molecule has 2 rings (SSSR count). The highest BCUT2D eigenvalue weighted by Gasteiger charge is 2.20. The number of hydrogen-bond acceptors (Lipinski definition) is 3. The standard InChI is InChI=1S/C13H15NO4/c15-12(16)10-6-9(7-11(14-10)13(17)18)8-4-2-1-3-5-8/h6-8H,1-5H2,(H,15,16)(H,17,18). The molecule has 0 spiro atoms. The second-order valence-electron chi connectivity index (χ2n) is 4.62. The van der Waals surface area contributed by atoms with E-state index in [1.807, 2.05) is 0 Å². The number of hydrogen-bond donors (Lipinski definition) is 2. The molecule has 0 atom stereocenters. The summed E-state index contributed by atoms with van der Waals surface area (Å²) in [5.41, 5.74) is 0.422. The van der Waals surface area contributed by atoms with E-state index in [1.165, 1.54) is 18.6 Å². The average molecular weight is 249 g/mol. The Bertz CT molecular complexity index is 446. The second kappa shape index (κ2) is 5.16. The molecule has 1 heterocycles. The van der Waals surface area contributed by atoms with Crippen molar-refractivity contribution in [1.82, 2.24) is 4.98 Å². The lowest BCUT2D eigenvalue weighted by molar-refractivity contribution is 0.0684. The molecule has 0 bridgehead atoms. The number of nitrogens with zero attached hydrogens (tertiary/aromatic N) is 1. The Labute approximate surface area is 104 Å². The van der Waals surface area contributed by atoms with Gasteiger partial charge in [0.1, 0.15) is 11.4 Å². The van der Waals surface area contributed by atoms with Crippen LogP contribution < -0.4 is 0 Å². The molecule has 2 N–H and O–H groups in total. The van der Waals surface area contributed by atoms with Crippen LogP contribution in [0.2, 0.25) is 0 Å². The van der Waals surface area contributed by atoms with E-state index in [1.54, 1.807) is 0 Å². The van der Waals surface area contributed by atoms with Crippen LogP contribution in [0.25, 0.3) is 0 Å². The minimum Gasteiger partial charge on any atom is -0.477 e. The number of rotatable bonds is 3. The Balaban J connectivity index is 2.38. The van der Waals surface area contributed by atoms with Gasteiger partial charge in [-0.25, -0.2) is 14.6 Å². The lowest BCUT2D eigenvalue weighted by Crippen LogP contribution is -2.12. The first-order chi connectivity index (χ1) is 8.58. The Morgan fingerprint density at radius 1 is 1.00 bits per heavy atom. The molecule has 96 valence electrons. The van der Waals surface area contributed by atoms with Gasteiger partial charge in [-0.1, -0.05) is 19.3 Å². The first kappa shape index (κ1) is 12.5. The van der Waals surface area contributed by atoms with Crippen LogP contribution in [0, 0.1) is 0 Å². The minimum atomic E-state index is -1.19. The van der Waals surface area contributed by atoms with Crippen LogP contribution >= 0.6 is 0 Å². The second-order valence-corrected chi connectivity index (χ2v) is 4.62. The van der Waals surface area contributed by atoms with Gasteiger partial charge >= 0.3 is 11.9 Å². The fourth-order valence-corrected chi connectivity index (χ4v) is 2.44. The van der Waals surface area contributed by atoms with Crippen LogP contribution in [-0.4, -0.2) is 27.1 Å². The summed E-state index contributed by atoms with van der Waals surface area (Å²) < 4.78 is 0. The first-order valence-corrected chi connectivity index (χ1v) is 6.06. The molecule has 0 aromatic carbocycles. The summed E-state index contributed by atoms with van der Waals surface area (Å²) in [5.74, 6) is -2.11. The lowest BCUT2D eigenvalue weighted by atomic mass is 9.84. The van der Waals surface area contributed by atoms with E-state index in [0.29, 0.717) is 0 Å². The molecule has 0 unspecified atom stereocenters. The maximum absolute atomic E-state index is 11.0. The number of pyridine rings is 1. The van der Waals surface area contributed by atoms with Crippen LogP contribution in [-0.2, 0) is 0 Å². The molecule has 1 saturated carbocycles. The summed E-state index contributed by atoms with van der Waals surface area (Å²) in [6.07, 6.45) is 5.39. The molecular formula is C13H15NO4. The number of carboxylic acid groups (broad SMARTS) is 2. The SMILES string of the molecule is O=C(O)c1cc(C2CCCCC2)cc(C(=O)O)n1. The van der Waals surface area contributed by atoms with Gasteiger partial charge in [-0.2, -0.15) is 0 Å². The molecule has 1 aliphatic carbocycles. The molecule has 0 aliphatic heterocycles. The van der Waals surface area contributed by atoms with Gasteiger partial charge in [0.2, 0.25) is 0 Å². The van der Waals surface area contributed by atoms with Crippen molar-refractivity contribution in [1.29, 1.82) is 0 Å². The molecule has 18 heavy (non-hydrogen) atoms. The van der Waals surface area contributed by atoms with Gasteiger partial charge in [0.15, 0.2) is 0 Å². The van der Waals surface area contributed by atoms with E-state index in [-0.39, 0.29) is 17.3 Å². The molecule has 5 heteroatoms. The van der Waals surface area contributed by atoms with Crippen LogP contribution in [0.1, 0.15) is 64.6 Å². The average Bonchev–Trinajstić information content (AvgIpc) is 2.39. The van der Waals surface area contributed by atoms with Crippen LogP contribution in [0.3, 0.4) is 0 Å². The monoisotopic (exact) mass is 249 g/mol. The molecule has 1 aromatic rings. The van der Waals surface area contributed by atoms with Crippen molar-refractivity contribution in [3.8, 4) is 0 Å². The van der Waals surface area contributed by atoms with Crippen molar-refractivity contribution >= 4 is 11.9 Å². The van der Waals surface area contributed by atoms with Gasteiger partial charge in [-0.3, -0.25) is 0 Å². The molecule has 0 saturated heterocycles. The Hall–Kier alpha value is -1.91. The highest BCUT2D eigenvalue weighted by atomic mass is 16.4. The van der Waals surface area contributed by atoms with E-state index in [0.717, 1.165) is 31.2 Å². The Morgan fingerprint density at radius 2 is 1.50 bits per heavy atom. The fraction of sp³-hybridized carbons (Fsp3) is 0.462. The number of carbonyl (C=O) groups is 2. The number of carboxylic acids is 2. The van der Waals surface area contributed by atoms with Crippen LogP contribution in [0.15, 0.2) is 12.1 Å². The fourth-order valence-electron chi connectivity index (χ4n) is 2.44. The van der Waals surface area contributed by atoms with Crippen molar-refractivity contribution in [2.75, 3.05) is 0 Å². The molecule has 1 aromatic heterocycles. The van der Waals surface area contributed by atoms with Crippen molar-refractivity contribution in [3.63, 3.8) is 0 Å². The molecule has 5 nitrogen and oxygen atoms in total.